The minimum atomic E-state index is 0.295. The number of nitrogens with zero attached hydrogens (tertiary/aromatic N) is 4. The molecule has 0 N–H and O–H groups in total. The number of fused-ring (bicyclic) bond motifs is 6. The van der Waals surface area contributed by atoms with E-state index in [-0.39, 0.29) is 0 Å². The van der Waals surface area contributed by atoms with Gasteiger partial charge >= 0.3 is 0 Å². The Kier molecular flexibility index (Phi) is 7.63. The molecule has 9 rings (SSSR count). The number of amidine groups is 1. The Labute approximate surface area is 298 Å². The van der Waals surface area contributed by atoms with E-state index in [1.165, 1.54) is 44.4 Å². The number of aromatic nitrogens is 1. The Hall–Kier alpha value is -6.52. The van der Waals surface area contributed by atoms with Crippen LogP contribution < -0.4 is 4.90 Å². The standard InChI is InChI=1S/C47H36N4/c1-32(34-15-5-3-6-16-34)48-47(36-17-7-4-8-18-36)49-33(2)35-25-27-37(28-26-35)50-45-24-14-11-21-41(45)42-31-38(29-30-46(42)50)51-43-22-12-9-19-39(43)40-20-10-13-23-44(40)51/h3-20,22-31,41H,1,21H2,2H3. The number of rotatable bonds is 6. The molecule has 0 saturated carbocycles. The number of hydrogen-bond acceptors (Lipinski definition) is 2. The minimum Gasteiger partial charge on any atom is -0.313 e. The van der Waals surface area contributed by atoms with Crippen molar-refractivity contribution < 1.29 is 0 Å². The summed E-state index contributed by atoms with van der Waals surface area (Å²) in [5.41, 5.74) is 13.2. The van der Waals surface area contributed by atoms with Crippen LogP contribution in [0.5, 0.6) is 0 Å². The maximum atomic E-state index is 5.06. The van der Waals surface area contributed by atoms with E-state index in [1.54, 1.807) is 0 Å². The Balaban J connectivity index is 1.07. The molecule has 0 saturated heterocycles. The Morgan fingerprint density at radius 2 is 1.24 bits per heavy atom. The molecular weight excluding hydrogens is 621 g/mol. The van der Waals surface area contributed by atoms with E-state index in [1.807, 2.05) is 67.6 Å². The molecule has 2 aliphatic rings. The summed E-state index contributed by atoms with van der Waals surface area (Å²) in [6.45, 7) is 6.30. The average Bonchev–Trinajstić information content (AvgIpc) is 3.71. The summed E-state index contributed by atoms with van der Waals surface area (Å²) in [7, 11) is 0. The van der Waals surface area contributed by atoms with Crippen LogP contribution >= 0.6 is 0 Å². The number of para-hydroxylation sites is 2. The van der Waals surface area contributed by atoms with E-state index < -0.39 is 0 Å². The molecule has 0 bridgehead atoms. The molecule has 6 aromatic carbocycles. The highest BCUT2D eigenvalue weighted by Crippen LogP contribution is 2.51. The number of hydrogen-bond donors (Lipinski definition) is 0. The summed E-state index contributed by atoms with van der Waals surface area (Å²) in [5, 5.41) is 2.55. The van der Waals surface area contributed by atoms with Gasteiger partial charge in [0.05, 0.1) is 16.7 Å². The van der Waals surface area contributed by atoms with E-state index in [9.17, 15) is 0 Å². The highest BCUT2D eigenvalue weighted by Gasteiger charge is 2.35. The lowest BCUT2D eigenvalue weighted by atomic mass is 9.92. The molecule has 0 amide bonds. The largest absolute Gasteiger partial charge is 0.313 e. The molecule has 0 spiro atoms. The quantitative estimate of drug-likeness (QED) is 0.129. The normalized spacial score (nSPS) is 15.6. The van der Waals surface area contributed by atoms with Crippen LogP contribution in [0.2, 0.25) is 0 Å². The maximum Gasteiger partial charge on any atom is 0.160 e. The smallest absolute Gasteiger partial charge is 0.160 e. The fraction of sp³-hybridized carbons (Fsp3) is 0.0638. The van der Waals surface area contributed by atoms with Gasteiger partial charge in [-0.3, -0.25) is 0 Å². The second-order valence-corrected chi connectivity index (χ2v) is 13.1. The summed E-state index contributed by atoms with van der Waals surface area (Å²) in [5.74, 6) is 0.934. The lowest BCUT2D eigenvalue weighted by molar-refractivity contribution is 0.819. The van der Waals surface area contributed by atoms with Gasteiger partial charge in [-0.05, 0) is 78.6 Å². The van der Waals surface area contributed by atoms with Gasteiger partial charge < -0.3 is 9.47 Å². The van der Waals surface area contributed by atoms with Crippen molar-refractivity contribution in [1.82, 2.24) is 4.57 Å². The van der Waals surface area contributed by atoms with Crippen LogP contribution in [0.15, 0.2) is 192 Å². The van der Waals surface area contributed by atoms with Gasteiger partial charge in [0.2, 0.25) is 0 Å². The van der Waals surface area contributed by atoms with Crippen LogP contribution in [0.1, 0.15) is 41.5 Å². The lowest BCUT2D eigenvalue weighted by Crippen LogP contribution is -2.14. The third-order valence-electron chi connectivity index (χ3n) is 10.1. The average molecular weight is 657 g/mol. The summed E-state index contributed by atoms with van der Waals surface area (Å²) in [6.07, 6.45) is 7.73. The molecule has 2 heterocycles. The fourth-order valence-corrected chi connectivity index (χ4v) is 7.57. The zero-order valence-electron chi connectivity index (χ0n) is 28.4. The van der Waals surface area contributed by atoms with Crippen LogP contribution in [-0.4, -0.2) is 16.1 Å². The SMILES string of the molecule is C=C(N=C(N=C(C)c1ccc(N2C3=CC=CCC3c3cc(-n4c5ccccc5c5ccccc54)ccc32)cc1)c1ccccc1)c1ccccc1. The van der Waals surface area contributed by atoms with Crippen molar-refractivity contribution in [2.24, 2.45) is 9.98 Å². The van der Waals surface area contributed by atoms with E-state index in [0.717, 1.165) is 34.5 Å². The van der Waals surface area contributed by atoms with Crippen molar-refractivity contribution in [3.63, 3.8) is 0 Å². The molecule has 0 radical (unpaired) electrons. The first-order valence-electron chi connectivity index (χ1n) is 17.5. The molecule has 1 aliphatic carbocycles. The van der Waals surface area contributed by atoms with E-state index >= 15 is 0 Å². The van der Waals surface area contributed by atoms with Crippen molar-refractivity contribution in [2.45, 2.75) is 19.3 Å². The fourth-order valence-electron chi connectivity index (χ4n) is 7.57. The number of allylic oxidation sites excluding steroid dienone is 4. The van der Waals surface area contributed by atoms with Crippen LogP contribution in [0.4, 0.5) is 11.4 Å². The second-order valence-electron chi connectivity index (χ2n) is 13.1. The molecule has 7 aromatic rings. The molecule has 1 aliphatic heterocycles. The van der Waals surface area contributed by atoms with Crippen molar-refractivity contribution in [2.75, 3.05) is 4.90 Å². The summed E-state index contributed by atoms with van der Waals surface area (Å²) >= 11 is 0. The zero-order valence-corrected chi connectivity index (χ0v) is 28.4. The maximum absolute atomic E-state index is 5.06. The van der Waals surface area contributed by atoms with Gasteiger partial charge in [0, 0.05) is 50.7 Å². The Bertz CT molecular complexity index is 2510. The van der Waals surface area contributed by atoms with Crippen LogP contribution in [0.25, 0.3) is 33.2 Å². The van der Waals surface area contributed by atoms with Crippen molar-refractivity contribution in [3.8, 4) is 5.69 Å². The molecule has 1 atom stereocenters. The van der Waals surface area contributed by atoms with Gasteiger partial charge in [-0.1, -0.05) is 128 Å². The van der Waals surface area contributed by atoms with E-state index in [4.69, 9.17) is 9.98 Å². The number of aliphatic imine (C=N–C) groups is 2. The highest BCUT2D eigenvalue weighted by molar-refractivity contribution is 6.13. The molecule has 0 fully saturated rings. The first kappa shape index (κ1) is 30.5. The monoisotopic (exact) mass is 656 g/mol. The summed E-state index contributed by atoms with van der Waals surface area (Å²) in [6, 6.07) is 53.3. The third kappa shape index (κ3) is 5.42. The second kappa shape index (κ2) is 12.7. The van der Waals surface area contributed by atoms with E-state index in [0.29, 0.717) is 17.5 Å². The molecule has 4 nitrogen and oxygen atoms in total. The van der Waals surface area contributed by atoms with Crippen molar-refractivity contribution in [3.05, 3.63) is 204 Å². The van der Waals surface area contributed by atoms with Gasteiger partial charge in [-0.2, -0.15) is 0 Å². The molecule has 1 unspecified atom stereocenters. The molecule has 1 aromatic heterocycles. The molecular formula is C47H36N4. The predicted octanol–water partition coefficient (Wildman–Crippen LogP) is 11.8. The predicted molar refractivity (Wildman–Crippen MR) is 215 cm³/mol. The highest BCUT2D eigenvalue weighted by atomic mass is 15.2. The van der Waals surface area contributed by atoms with Gasteiger partial charge in [0.25, 0.3) is 0 Å². The van der Waals surface area contributed by atoms with Gasteiger partial charge in [-0.15, -0.1) is 0 Å². The van der Waals surface area contributed by atoms with Crippen molar-refractivity contribution >= 4 is 50.4 Å². The molecule has 4 heteroatoms. The topological polar surface area (TPSA) is 32.9 Å². The zero-order chi connectivity index (χ0) is 34.3. The van der Waals surface area contributed by atoms with Gasteiger partial charge in [-0.25, -0.2) is 9.98 Å². The minimum absolute atomic E-state index is 0.295. The van der Waals surface area contributed by atoms with Gasteiger partial charge in [0.15, 0.2) is 5.84 Å². The first-order valence-corrected chi connectivity index (χ1v) is 17.5. The number of anilines is 2. The Morgan fingerprint density at radius 3 is 1.92 bits per heavy atom. The Morgan fingerprint density at radius 1 is 0.627 bits per heavy atom. The number of benzene rings is 6. The third-order valence-corrected chi connectivity index (χ3v) is 10.1. The molecule has 51 heavy (non-hydrogen) atoms. The summed E-state index contributed by atoms with van der Waals surface area (Å²) < 4.78 is 2.41. The summed E-state index contributed by atoms with van der Waals surface area (Å²) in [4.78, 5) is 12.4. The molecule has 244 valence electrons. The van der Waals surface area contributed by atoms with Crippen LogP contribution in [-0.2, 0) is 0 Å². The van der Waals surface area contributed by atoms with Crippen LogP contribution in [0, 0.1) is 0 Å². The first-order chi connectivity index (χ1) is 25.1. The van der Waals surface area contributed by atoms with Crippen LogP contribution in [0.3, 0.4) is 0 Å². The van der Waals surface area contributed by atoms with E-state index in [2.05, 4.69) is 125 Å². The lowest BCUT2D eigenvalue weighted by Gasteiger charge is -2.24. The van der Waals surface area contributed by atoms with Crippen molar-refractivity contribution in [1.29, 1.82) is 0 Å². The van der Waals surface area contributed by atoms with Gasteiger partial charge in [0.1, 0.15) is 0 Å².